The van der Waals surface area contributed by atoms with Crippen molar-refractivity contribution in [3.8, 4) is 0 Å². The summed E-state index contributed by atoms with van der Waals surface area (Å²) in [7, 11) is 0. The summed E-state index contributed by atoms with van der Waals surface area (Å²) in [6.45, 7) is 0.256. The summed E-state index contributed by atoms with van der Waals surface area (Å²) in [5.74, 6) is -1.68. The van der Waals surface area contributed by atoms with Crippen molar-refractivity contribution in [2.45, 2.75) is 6.04 Å². The van der Waals surface area contributed by atoms with Crippen molar-refractivity contribution in [2.75, 3.05) is 19.6 Å². The topological polar surface area (TPSA) is 86.8 Å². The number of rotatable bonds is 3. The van der Waals surface area contributed by atoms with E-state index < -0.39 is 23.8 Å². The van der Waals surface area contributed by atoms with Gasteiger partial charge in [0.1, 0.15) is 12.6 Å². The Morgan fingerprint density at radius 3 is 2.15 bits per heavy atom. The maximum Gasteiger partial charge on any atom is 0.262 e. The number of amides is 4. The minimum atomic E-state index is -0.775. The van der Waals surface area contributed by atoms with Crippen LogP contribution in [0.3, 0.4) is 0 Å². The summed E-state index contributed by atoms with van der Waals surface area (Å²) in [5, 5.41) is 2.76. The molecule has 0 spiro atoms. The van der Waals surface area contributed by atoms with Gasteiger partial charge >= 0.3 is 0 Å². The molecule has 2 aliphatic rings. The summed E-state index contributed by atoms with van der Waals surface area (Å²) in [6, 6.07) is 14.7. The molecule has 0 bridgehead atoms. The summed E-state index contributed by atoms with van der Waals surface area (Å²) in [6.07, 6.45) is 0. The van der Waals surface area contributed by atoms with Crippen LogP contribution in [0.2, 0.25) is 0 Å². The largest absolute Gasteiger partial charge is 0.352 e. The minimum Gasteiger partial charge on any atom is -0.352 e. The van der Waals surface area contributed by atoms with Crippen LogP contribution in [0.25, 0.3) is 0 Å². The van der Waals surface area contributed by atoms with Crippen LogP contribution in [0, 0.1) is 0 Å². The van der Waals surface area contributed by atoms with Gasteiger partial charge in [0.2, 0.25) is 11.8 Å². The second-order valence-electron chi connectivity index (χ2n) is 6.43. The van der Waals surface area contributed by atoms with E-state index in [4.69, 9.17) is 0 Å². The first-order valence-corrected chi connectivity index (χ1v) is 8.65. The van der Waals surface area contributed by atoms with Crippen molar-refractivity contribution in [1.29, 1.82) is 0 Å². The number of carbonyl (C=O) groups excluding carboxylic acids is 4. The summed E-state index contributed by atoms with van der Waals surface area (Å²) in [5.41, 5.74) is 1.28. The fourth-order valence-corrected chi connectivity index (χ4v) is 3.51. The zero-order valence-corrected chi connectivity index (χ0v) is 14.4. The van der Waals surface area contributed by atoms with Crippen LogP contribution in [0.1, 0.15) is 32.3 Å². The minimum absolute atomic E-state index is 0.275. The zero-order chi connectivity index (χ0) is 19.0. The van der Waals surface area contributed by atoms with Gasteiger partial charge in [-0.25, -0.2) is 0 Å². The van der Waals surface area contributed by atoms with E-state index in [1.807, 2.05) is 6.07 Å². The van der Waals surface area contributed by atoms with E-state index in [-0.39, 0.29) is 12.5 Å². The van der Waals surface area contributed by atoms with Gasteiger partial charge in [-0.05, 0) is 17.7 Å². The molecule has 1 atom stereocenters. The smallest absolute Gasteiger partial charge is 0.262 e. The van der Waals surface area contributed by atoms with Crippen LogP contribution < -0.4 is 5.32 Å². The van der Waals surface area contributed by atoms with Crippen LogP contribution in [0.5, 0.6) is 0 Å². The van der Waals surface area contributed by atoms with Crippen molar-refractivity contribution in [2.24, 2.45) is 0 Å². The standard InChI is InChI=1S/C20H17N3O4/c24-16(12-23-19(26)14-8-4-5-9-15(14)20(23)27)22-11-10-21-18(25)17(22)13-6-2-1-3-7-13/h1-9,17H,10-12H2,(H,21,25). The second-order valence-corrected chi connectivity index (χ2v) is 6.43. The second kappa shape index (κ2) is 6.68. The van der Waals surface area contributed by atoms with Crippen LogP contribution in [-0.2, 0) is 9.59 Å². The molecular formula is C20H17N3O4. The van der Waals surface area contributed by atoms with Crippen molar-refractivity contribution in [3.63, 3.8) is 0 Å². The summed E-state index contributed by atoms with van der Waals surface area (Å²) >= 11 is 0. The van der Waals surface area contributed by atoms with Gasteiger partial charge in [0, 0.05) is 13.1 Å². The molecule has 7 nitrogen and oxygen atoms in total. The highest BCUT2D eigenvalue weighted by atomic mass is 16.2. The molecule has 0 aromatic heterocycles. The van der Waals surface area contributed by atoms with Crippen molar-refractivity contribution in [3.05, 3.63) is 71.3 Å². The highest BCUT2D eigenvalue weighted by Gasteiger charge is 2.40. The number of fused-ring (bicyclic) bond motifs is 1. The average Bonchev–Trinajstić information content (AvgIpc) is 2.93. The van der Waals surface area contributed by atoms with Crippen LogP contribution >= 0.6 is 0 Å². The normalized spacial score (nSPS) is 19.1. The van der Waals surface area contributed by atoms with Gasteiger partial charge < -0.3 is 10.2 Å². The molecule has 1 fully saturated rings. The molecule has 0 radical (unpaired) electrons. The Labute approximate surface area is 155 Å². The Morgan fingerprint density at radius 2 is 1.52 bits per heavy atom. The lowest BCUT2D eigenvalue weighted by atomic mass is 10.0. The van der Waals surface area contributed by atoms with Crippen LogP contribution in [-0.4, -0.2) is 53.1 Å². The molecular weight excluding hydrogens is 346 g/mol. The predicted molar refractivity (Wildman–Crippen MR) is 95.7 cm³/mol. The monoisotopic (exact) mass is 363 g/mol. The Morgan fingerprint density at radius 1 is 0.926 bits per heavy atom. The third kappa shape index (κ3) is 2.87. The van der Waals surface area contributed by atoms with E-state index in [1.165, 1.54) is 4.90 Å². The van der Waals surface area contributed by atoms with Crippen LogP contribution in [0.4, 0.5) is 0 Å². The van der Waals surface area contributed by atoms with E-state index in [0.29, 0.717) is 29.8 Å². The molecule has 2 aromatic carbocycles. The lowest BCUT2D eigenvalue weighted by Crippen LogP contribution is -2.54. The summed E-state index contributed by atoms with van der Waals surface area (Å²) < 4.78 is 0. The van der Waals surface area contributed by atoms with Gasteiger partial charge in [0.25, 0.3) is 11.8 Å². The first-order chi connectivity index (χ1) is 13.1. The number of piperazine rings is 1. The molecule has 1 unspecified atom stereocenters. The summed E-state index contributed by atoms with van der Waals surface area (Å²) in [4.78, 5) is 52.7. The highest BCUT2D eigenvalue weighted by molar-refractivity contribution is 6.22. The molecule has 2 aliphatic heterocycles. The maximum atomic E-state index is 12.9. The van der Waals surface area contributed by atoms with Crippen molar-refractivity contribution < 1.29 is 19.2 Å². The van der Waals surface area contributed by atoms with Gasteiger partial charge in [-0.3, -0.25) is 24.1 Å². The van der Waals surface area contributed by atoms with Gasteiger partial charge in [-0.15, -0.1) is 0 Å². The molecule has 1 saturated heterocycles. The zero-order valence-electron chi connectivity index (χ0n) is 14.4. The van der Waals surface area contributed by atoms with Gasteiger partial charge in [0.15, 0.2) is 0 Å². The maximum absolute atomic E-state index is 12.9. The number of imide groups is 1. The Kier molecular flexibility index (Phi) is 4.19. The number of carbonyl (C=O) groups is 4. The van der Waals surface area contributed by atoms with E-state index in [0.717, 1.165) is 4.90 Å². The Balaban J connectivity index is 1.58. The van der Waals surface area contributed by atoms with E-state index in [2.05, 4.69) is 5.32 Å². The Bertz CT molecular complexity index is 906. The predicted octanol–water partition coefficient (Wildman–Crippen LogP) is 0.982. The molecule has 2 aromatic rings. The molecule has 27 heavy (non-hydrogen) atoms. The van der Waals surface area contributed by atoms with E-state index in [9.17, 15) is 19.2 Å². The molecule has 0 aliphatic carbocycles. The fourth-order valence-electron chi connectivity index (χ4n) is 3.51. The number of nitrogens with zero attached hydrogens (tertiary/aromatic N) is 2. The first-order valence-electron chi connectivity index (χ1n) is 8.65. The lowest BCUT2D eigenvalue weighted by Gasteiger charge is -2.36. The number of benzene rings is 2. The first kappa shape index (κ1) is 17.0. The van der Waals surface area contributed by atoms with E-state index >= 15 is 0 Å². The van der Waals surface area contributed by atoms with Gasteiger partial charge in [-0.2, -0.15) is 0 Å². The molecule has 136 valence electrons. The molecule has 7 heteroatoms. The molecule has 0 saturated carbocycles. The SMILES string of the molecule is O=C1NCCN(C(=O)CN2C(=O)c3ccccc3C2=O)C1c1ccccc1. The third-order valence-electron chi connectivity index (χ3n) is 4.82. The Hall–Kier alpha value is -3.48. The quantitative estimate of drug-likeness (QED) is 0.824. The molecule has 2 heterocycles. The number of hydrogen-bond acceptors (Lipinski definition) is 4. The third-order valence-corrected chi connectivity index (χ3v) is 4.82. The van der Waals surface area contributed by atoms with Crippen molar-refractivity contribution in [1.82, 2.24) is 15.1 Å². The van der Waals surface area contributed by atoms with E-state index in [1.54, 1.807) is 48.5 Å². The lowest BCUT2D eigenvalue weighted by molar-refractivity contribution is -0.143. The molecule has 4 rings (SSSR count). The number of hydrogen-bond donors (Lipinski definition) is 1. The average molecular weight is 363 g/mol. The van der Waals surface area contributed by atoms with Gasteiger partial charge in [-0.1, -0.05) is 42.5 Å². The van der Waals surface area contributed by atoms with Crippen molar-refractivity contribution >= 4 is 23.6 Å². The number of nitrogens with one attached hydrogen (secondary N) is 1. The fraction of sp³-hybridized carbons (Fsp3) is 0.200. The highest BCUT2D eigenvalue weighted by Crippen LogP contribution is 2.26. The molecule has 4 amide bonds. The van der Waals surface area contributed by atoms with Crippen LogP contribution in [0.15, 0.2) is 54.6 Å². The van der Waals surface area contributed by atoms with Gasteiger partial charge in [0.05, 0.1) is 11.1 Å². The molecule has 1 N–H and O–H groups in total.